The number of hydrogen-bond donors (Lipinski definition) is 1. The van der Waals surface area contributed by atoms with Gasteiger partial charge in [-0.1, -0.05) is 0 Å². The third kappa shape index (κ3) is 2.63. The number of thiophene rings is 1. The van der Waals surface area contributed by atoms with Gasteiger partial charge < -0.3 is 10.1 Å². The molecule has 3 aromatic rings. The summed E-state index contributed by atoms with van der Waals surface area (Å²) in [5.41, 5.74) is 8.89. The third-order valence-electron chi connectivity index (χ3n) is 2.96. The first-order chi connectivity index (χ1) is 9.44. The molecular weight excluding hydrogens is 336 g/mol. The average molecular weight is 351 g/mol. The second-order valence-electron chi connectivity index (χ2n) is 5.48. The van der Waals surface area contributed by atoms with E-state index < -0.39 is 0 Å². The molecular formula is C14H15BrN4S. The standard InChI is InChI=1S/C14H15BrN4S/c1-14(2,16)7-9-13(10-3-4-11(15)20-10)18-12-8-17-5-6-19(9)12/h3-6,8H,7,16H2,1-2H3. The van der Waals surface area contributed by atoms with Crippen LogP contribution in [-0.4, -0.2) is 19.9 Å². The van der Waals surface area contributed by atoms with Gasteiger partial charge >= 0.3 is 0 Å². The van der Waals surface area contributed by atoms with Crippen LogP contribution >= 0.6 is 27.3 Å². The summed E-state index contributed by atoms with van der Waals surface area (Å²) in [4.78, 5) is 10.00. The Morgan fingerprint density at radius 2 is 2.20 bits per heavy atom. The van der Waals surface area contributed by atoms with E-state index in [0.29, 0.717) is 0 Å². The van der Waals surface area contributed by atoms with Crippen LogP contribution in [0.3, 0.4) is 0 Å². The Bertz CT molecular complexity index is 754. The van der Waals surface area contributed by atoms with Crippen LogP contribution in [0.15, 0.2) is 34.5 Å². The molecule has 0 aromatic carbocycles. The molecule has 3 heterocycles. The predicted octanol–water partition coefficient (Wildman–Crippen LogP) is 3.50. The van der Waals surface area contributed by atoms with E-state index in [1.165, 1.54) is 0 Å². The minimum atomic E-state index is -0.289. The number of nitrogens with two attached hydrogens (primary N) is 1. The summed E-state index contributed by atoms with van der Waals surface area (Å²) in [6, 6.07) is 4.12. The maximum Gasteiger partial charge on any atom is 0.156 e. The van der Waals surface area contributed by atoms with Gasteiger partial charge in [-0.15, -0.1) is 11.3 Å². The number of rotatable bonds is 3. The van der Waals surface area contributed by atoms with E-state index in [1.54, 1.807) is 23.7 Å². The van der Waals surface area contributed by atoms with Crippen molar-refractivity contribution in [2.75, 3.05) is 0 Å². The van der Waals surface area contributed by atoms with Gasteiger partial charge in [-0.3, -0.25) is 4.98 Å². The Labute approximate surface area is 129 Å². The fourth-order valence-electron chi connectivity index (χ4n) is 2.20. The van der Waals surface area contributed by atoms with Crippen molar-refractivity contribution in [1.29, 1.82) is 0 Å². The summed E-state index contributed by atoms with van der Waals surface area (Å²) in [5, 5.41) is 0. The maximum absolute atomic E-state index is 6.21. The lowest BCUT2D eigenvalue weighted by Gasteiger charge is -2.18. The third-order valence-corrected chi connectivity index (χ3v) is 4.59. The molecule has 0 fully saturated rings. The molecule has 0 aliphatic carbocycles. The molecule has 4 nitrogen and oxygen atoms in total. The summed E-state index contributed by atoms with van der Waals surface area (Å²) in [6.07, 6.45) is 6.24. The van der Waals surface area contributed by atoms with Crippen molar-refractivity contribution in [3.63, 3.8) is 0 Å². The van der Waals surface area contributed by atoms with Gasteiger partial charge in [0.1, 0.15) is 5.69 Å². The number of imidazole rings is 1. The lowest BCUT2D eigenvalue weighted by Crippen LogP contribution is -2.35. The van der Waals surface area contributed by atoms with Crippen LogP contribution in [0.25, 0.3) is 16.2 Å². The fraction of sp³-hybridized carbons (Fsp3) is 0.286. The first-order valence-corrected chi connectivity index (χ1v) is 7.90. The second-order valence-corrected chi connectivity index (χ2v) is 7.94. The molecule has 0 atom stereocenters. The van der Waals surface area contributed by atoms with Crippen LogP contribution in [0.2, 0.25) is 0 Å². The number of hydrogen-bond acceptors (Lipinski definition) is 4. The Morgan fingerprint density at radius 1 is 1.40 bits per heavy atom. The van der Waals surface area contributed by atoms with Crippen LogP contribution in [0.1, 0.15) is 19.5 Å². The normalized spacial score (nSPS) is 12.2. The molecule has 20 heavy (non-hydrogen) atoms. The highest BCUT2D eigenvalue weighted by Gasteiger charge is 2.21. The molecule has 0 spiro atoms. The lowest BCUT2D eigenvalue weighted by molar-refractivity contribution is 0.509. The molecule has 0 bridgehead atoms. The van der Waals surface area contributed by atoms with Gasteiger partial charge in [-0.2, -0.15) is 0 Å². The molecule has 3 aromatic heterocycles. The van der Waals surface area contributed by atoms with E-state index in [9.17, 15) is 0 Å². The molecule has 0 aliphatic rings. The van der Waals surface area contributed by atoms with Gasteiger partial charge in [-0.05, 0) is 41.9 Å². The largest absolute Gasteiger partial charge is 0.325 e. The highest BCUT2D eigenvalue weighted by molar-refractivity contribution is 9.11. The van der Waals surface area contributed by atoms with E-state index in [0.717, 1.165) is 32.1 Å². The van der Waals surface area contributed by atoms with Crippen LogP contribution in [0.5, 0.6) is 0 Å². The summed E-state index contributed by atoms with van der Waals surface area (Å²) in [5.74, 6) is 0. The van der Waals surface area contributed by atoms with Crippen molar-refractivity contribution in [3.05, 3.63) is 40.2 Å². The Balaban J connectivity index is 2.22. The van der Waals surface area contributed by atoms with E-state index in [2.05, 4.69) is 31.4 Å². The number of fused-ring (bicyclic) bond motifs is 1. The van der Waals surface area contributed by atoms with Gasteiger partial charge in [-0.25, -0.2) is 4.98 Å². The lowest BCUT2D eigenvalue weighted by atomic mass is 9.98. The zero-order chi connectivity index (χ0) is 14.3. The molecule has 0 aliphatic heterocycles. The predicted molar refractivity (Wildman–Crippen MR) is 86.0 cm³/mol. The van der Waals surface area contributed by atoms with Crippen LogP contribution in [0, 0.1) is 0 Å². The highest BCUT2D eigenvalue weighted by atomic mass is 79.9. The molecule has 0 saturated heterocycles. The van der Waals surface area contributed by atoms with Gasteiger partial charge in [0.05, 0.1) is 20.6 Å². The number of aromatic nitrogens is 3. The van der Waals surface area contributed by atoms with E-state index in [4.69, 9.17) is 10.7 Å². The van der Waals surface area contributed by atoms with Gasteiger partial charge in [0.25, 0.3) is 0 Å². The number of halogens is 1. The van der Waals surface area contributed by atoms with Crippen molar-refractivity contribution in [3.8, 4) is 10.6 Å². The van der Waals surface area contributed by atoms with Crippen LogP contribution in [-0.2, 0) is 6.42 Å². The molecule has 2 N–H and O–H groups in total. The second kappa shape index (κ2) is 4.95. The Hall–Kier alpha value is -1.24. The Kier molecular flexibility index (Phi) is 3.40. The maximum atomic E-state index is 6.21. The first-order valence-electron chi connectivity index (χ1n) is 6.29. The van der Waals surface area contributed by atoms with E-state index in [1.807, 2.05) is 26.1 Å². The van der Waals surface area contributed by atoms with Gasteiger partial charge in [0.15, 0.2) is 5.65 Å². The minimum absolute atomic E-state index is 0.289. The van der Waals surface area contributed by atoms with Crippen LogP contribution in [0.4, 0.5) is 0 Å². The molecule has 6 heteroatoms. The molecule has 0 amide bonds. The average Bonchev–Trinajstić information content (AvgIpc) is 2.93. The van der Waals surface area contributed by atoms with Gasteiger partial charge in [0.2, 0.25) is 0 Å². The van der Waals surface area contributed by atoms with E-state index in [-0.39, 0.29) is 5.54 Å². The summed E-state index contributed by atoms with van der Waals surface area (Å²) in [7, 11) is 0. The van der Waals surface area contributed by atoms with Gasteiger partial charge in [0, 0.05) is 24.4 Å². The Morgan fingerprint density at radius 3 is 2.85 bits per heavy atom. The molecule has 0 radical (unpaired) electrons. The molecule has 3 rings (SSSR count). The minimum Gasteiger partial charge on any atom is -0.325 e. The number of nitrogens with zero attached hydrogens (tertiary/aromatic N) is 3. The smallest absolute Gasteiger partial charge is 0.156 e. The van der Waals surface area contributed by atoms with Crippen molar-refractivity contribution < 1.29 is 0 Å². The quantitative estimate of drug-likeness (QED) is 0.786. The van der Waals surface area contributed by atoms with Crippen LogP contribution < -0.4 is 5.73 Å². The molecule has 0 saturated carbocycles. The zero-order valence-corrected chi connectivity index (χ0v) is 13.7. The zero-order valence-electron chi connectivity index (χ0n) is 11.3. The van der Waals surface area contributed by atoms with Crippen molar-refractivity contribution in [1.82, 2.24) is 14.4 Å². The van der Waals surface area contributed by atoms with Crippen molar-refractivity contribution in [2.24, 2.45) is 5.73 Å². The summed E-state index contributed by atoms with van der Waals surface area (Å²) in [6.45, 7) is 4.06. The molecule has 104 valence electrons. The monoisotopic (exact) mass is 350 g/mol. The highest BCUT2D eigenvalue weighted by Crippen LogP contribution is 2.34. The van der Waals surface area contributed by atoms with Crippen molar-refractivity contribution in [2.45, 2.75) is 25.8 Å². The first kappa shape index (κ1) is 13.7. The fourth-order valence-corrected chi connectivity index (χ4v) is 3.59. The molecule has 0 unspecified atom stereocenters. The summed E-state index contributed by atoms with van der Waals surface area (Å²) >= 11 is 5.18. The summed E-state index contributed by atoms with van der Waals surface area (Å²) < 4.78 is 3.17. The van der Waals surface area contributed by atoms with Crippen molar-refractivity contribution >= 4 is 32.9 Å². The topological polar surface area (TPSA) is 56.2 Å². The van der Waals surface area contributed by atoms with E-state index >= 15 is 0 Å². The SMILES string of the molecule is CC(C)(N)Cc1c(-c2ccc(Br)s2)nc2cnccn12.